The molecule has 0 atom stereocenters. The predicted molar refractivity (Wildman–Crippen MR) is 152 cm³/mol. The Labute approximate surface area is 272 Å². The molecule has 3 aromatic rings. The molecule has 0 aliphatic heterocycles. The van der Waals surface area contributed by atoms with Crippen LogP contribution in [0.1, 0.15) is 97.8 Å². The molecule has 0 saturated carbocycles. The van der Waals surface area contributed by atoms with Gasteiger partial charge in [-0.15, -0.1) is 0 Å². The van der Waals surface area contributed by atoms with Gasteiger partial charge in [-0.05, 0) is 19.3 Å². The van der Waals surface area contributed by atoms with Crippen molar-refractivity contribution in [2.75, 3.05) is 0 Å². The van der Waals surface area contributed by atoms with E-state index in [2.05, 4.69) is 126 Å². The van der Waals surface area contributed by atoms with E-state index in [0.29, 0.717) is 0 Å². The molecule has 0 unspecified atom stereocenters. The lowest BCUT2D eigenvalue weighted by molar-refractivity contribution is -0.697. The lowest BCUT2D eigenvalue weighted by atomic mass is 10.2. The van der Waals surface area contributed by atoms with Gasteiger partial charge < -0.3 is 50.9 Å². The van der Waals surface area contributed by atoms with Gasteiger partial charge in [0.25, 0.3) is 0 Å². The van der Waals surface area contributed by atoms with Crippen LogP contribution >= 0.6 is 0 Å². The van der Waals surface area contributed by atoms with Crippen LogP contribution in [0.15, 0.2) is 91.8 Å². The molecule has 0 bridgehead atoms. The van der Waals surface area contributed by atoms with Crippen molar-refractivity contribution in [3.8, 4) is 0 Å². The molecule has 0 fully saturated rings. The third-order valence-electron chi connectivity index (χ3n) is 6.14. The molecule has 3 aromatic heterocycles. The Balaban J connectivity index is -0.000000480. The summed E-state index contributed by atoms with van der Waals surface area (Å²) < 4.78 is 6.74. The van der Waals surface area contributed by atoms with Crippen molar-refractivity contribution >= 4 is 0 Å². The summed E-state index contributed by atoms with van der Waals surface area (Å²) in [5.74, 6) is 0. The van der Waals surface area contributed by atoms with Crippen molar-refractivity contribution in [2.45, 2.75) is 117 Å². The first-order chi connectivity index (χ1) is 17.8. The predicted octanol–water partition coefficient (Wildman–Crippen LogP) is -1.32. The van der Waals surface area contributed by atoms with Gasteiger partial charge in [0.05, 0.1) is 0 Å². The molecule has 0 aliphatic rings. The number of aryl methyl sites for hydroxylation is 3. The Kier molecular flexibility index (Phi) is 35.9. The zero-order valence-electron chi connectivity index (χ0n) is 24.7. The second-order valence-electron chi connectivity index (χ2n) is 9.52. The maximum Gasteiger partial charge on any atom is 0.168 e. The minimum Gasteiger partial charge on any atom is -1.00 e. The van der Waals surface area contributed by atoms with E-state index in [0.717, 1.165) is 0 Å². The molecule has 0 N–H and O–H groups in total. The minimum atomic E-state index is 0. The van der Waals surface area contributed by atoms with Crippen LogP contribution in [0.5, 0.6) is 0 Å². The maximum absolute atomic E-state index is 2.25. The number of nitrogens with zero attached hydrogens (tertiary/aromatic N) is 3. The summed E-state index contributed by atoms with van der Waals surface area (Å²) in [6.45, 7) is 10.2. The number of pyridine rings is 3. The lowest BCUT2D eigenvalue weighted by Gasteiger charge is -1.95. The maximum atomic E-state index is 2.25. The Morgan fingerprint density at radius 2 is 0.538 bits per heavy atom. The molecule has 222 valence electrons. The zero-order valence-corrected chi connectivity index (χ0v) is 29.5. The first-order valence-corrected chi connectivity index (χ1v) is 14.6. The lowest BCUT2D eigenvalue weighted by Crippen LogP contribution is -3.00. The van der Waals surface area contributed by atoms with Gasteiger partial charge in [0.1, 0.15) is 19.6 Å². The van der Waals surface area contributed by atoms with Gasteiger partial charge in [-0.2, -0.15) is 0 Å². The minimum absolute atomic E-state index is 0. The summed E-state index contributed by atoms with van der Waals surface area (Å²) in [6.07, 6.45) is 28.9. The molecule has 3 rings (SSSR count). The highest BCUT2D eigenvalue weighted by Gasteiger charge is 1.97. The molecule has 0 aromatic carbocycles. The molecule has 0 spiro atoms. The summed E-state index contributed by atoms with van der Waals surface area (Å²) in [6, 6.07) is 18.7. The second kappa shape index (κ2) is 33.1. The Hall–Kier alpha value is -1.11. The van der Waals surface area contributed by atoms with Crippen molar-refractivity contribution in [3.05, 3.63) is 91.8 Å². The SMILES string of the molecule is CCCCCC[n+]1ccccc1.CCCCCC[n+]1ccccc1.CCCCCC[n+]1ccccc1.[Br-].[Br-].[Br-]. The summed E-state index contributed by atoms with van der Waals surface area (Å²) in [4.78, 5) is 0. The quantitative estimate of drug-likeness (QED) is 0.136. The molecule has 0 aliphatic carbocycles. The van der Waals surface area contributed by atoms with E-state index in [1.165, 1.54) is 96.7 Å². The highest BCUT2D eigenvalue weighted by molar-refractivity contribution is 4.84. The summed E-state index contributed by atoms with van der Waals surface area (Å²) in [5.41, 5.74) is 0. The van der Waals surface area contributed by atoms with Crippen LogP contribution in [0.25, 0.3) is 0 Å². The molecule has 0 saturated heterocycles. The fourth-order valence-corrected chi connectivity index (χ4v) is 3.91. The van der Waals surface area contributed by atoms with Gasteiger partial charge >= 0.3 is 0 Å². The van der Waals surface area contributed by atoms with Crippen molar-refractivity contribution in [1.82, 2.24) is 0 Å². The van der Waals surface area contributed by atoms with E-state index in [9.17, 15) is 0 Å². The van der Waals surface area contributed by atoms with E-state index in [1.54, 1.807) is 0 Å². The third-order valence-corrected chi connectivity index (χ3v) is 6.14. The van der Waals surface area contributed by atoms with Crippen molar-refractivity contribution in [3.63, 3.8) is 0 Å². The highest BCUT2D eigenvalue weighted by atomic mass is 79.9. The fraction of sp³-hybridized carbons (Fsp3) is 0.545. The average molecular weight is 733 g/mol. The second-order valence-corrected chi connectivity index (χ2v) is 9.52. The monoisotopic (exact) mass is 729 g/mol. The molecule has 6 heteroatoms. The van der Waals surface area contributed by atoms with Crippen molar-refractivity contribution < 1.29 is 64.6 Å². The van der Waals surface area contributed by atoms with E-state index in [4.69, 9.17) is 0 Å². The van der Waals surface area contributed by atoms with Crippen LogP contribution < -0.4 is 64.6 Å². The smallest absolute Gasteiger partial charge is 0.168 e. The van der Waals surface area contributed by atoms with Gasteiger partial charge in [-0.3, -0.25) is 0 Å². The van der Waals surface area contributed by atoms with Gasteiger partial charge in [-0.25, -0.2) is 13.7 Å². The molecule has 0 radical (unpaired) electrons. The normalized spacial score (nSPS) is 9.31. The van der Waals surface area contributed by atoms with E-state index in [1.807, 2.05) is 0 Å². The van der Waals surface area contributed by atoms with Crippen LogP contribution in [0.2, 0.25) is 0 Å². The van der Waals surface area contributed by atoms with Crippen LogP contribution in [0, 0.1) is 0 Å². The third kappa shape index (κ3) is 26.9. The molecule has 3 heterocycles. The number of hydrogen-bond donors (Lipinski definition) is 0. The summed E-state index contributed by atoms with van der Waals surface area (Å²) in [5, 5.41) is 0. The van der Waals surface area contributed by atoms with Crippen molar-refractivity contribution in [2.24, 2.45) is 0 Å². The Morgan fingerprint density at radius 3 is 0.744 bits per heavy atom. The Bertz CT molecular complexity index is 708. The molecule has 3 nitrogen and oxygen atoms in total. The molecule has 0 amide bonds. The van der Waals surface area contributed by atoms with Crippen LogP contribution in [0.3, 0.4) is 0 Å². The van der Waals surface area contributed by atoms with E-state index >= 15 is 0 Å². The van der Waals surface area contributed by atoms with Crippen LogP contribution in [0.4, 0.5) is 0 Å². The number of halogens is 3. The standard InChI is InChI=1S/3C11H18N.3BrH/c3*1-2-3-4-6-9-12-10-7-5-8-11-12;;;/h3*5,7-8,10-11H,2-4,6,9H2,1H3;3*1H/q3*+1;;;/p-3. The number of unbranched alkanes of at least 4 members (excludes halogenated alkanes) is 9. The topological polar surface area (TPSA) is 11.6 Å². The average Bonchev–Trinajstić information content (AvgIpc) is 2.94. The fourth-order valence-electron chi connectivity index (χ4n) is 3.91. The van der Waals surface area contributed by atoms with E-state index in [-0.39, 0.29) is 50.9 Å². The summed E-state index contributed by atoms with van der Waals surface area (Å²) >= 11 is 0. The van der Waals surface area contributed by atoms with Gasteiger partial charge in [0, 0.05) is 55.7 Å². The number of aromatic nitrogens is 3. The molecular formula is C33H54Br3N3. The highest BCUT2D eigenvalue weighted by Crippen LogP contribution is 1.99. The van der Waals surface area contributed by atoms with Gasteiger partial charge in [0.15, 0.2) is 37.2 Å². The largest absolute Gasteiger partial charge is 1.00 e. The zero-order chi connectivity index (χ0) is 25.9. The first kappa shape index (κ1) is 42.4. The first-order valence-electron chi connectivity index (χ1n) is 14.6. The Morgan fingerprint density at radius 1 is 0.308 bits per heavy atom. The number of rotatable bonds is 15. The van der Waals surface area contributed by atoms with E-state index < -0.39 is 0 Å². The van der Waals surface area contributed by atoms with Crippen molar-refractivity contribution in [1.29, 1.82) is 0 Å². The number of hydrogen-bond acceptors (Lipinski definition) is 0. The van der Waals surface area contributed by atoms with Gasteiger partial charge in [0.2, 0.25) is 0 Å². The molecule has 39 heavy (non-hydrogen) atoms. The van der Waals surface area contributed by atoms with Crippen LogP contribution in [-0.2, 0) is 19.6 Å². The van der Waals surface area contributed by atoms with Crippen LogP contribution in [-0.4, -0.2) is 0 Å². The van der Waals surface area contributed by atoms with Gasteiger partial charge in [-0.1, -0.05) is 77.5 Å². The molecular weight excluding hydrogens is 678 g/mol. The summed E-state index contributed by atoms with van der Waals surface area (Å²) in [7, 11) is 0.